The quantitative estimate of drug-likeness (QED) is 0.640. The fourth-order valence-electron chi connectivity index (χ4n) is 2.01. The Bertz CT molecular complexity index is 276. The van der Waals surface area contributed by atoms with Gasteiger partial charge in [0.25, 0.3) is 0 Å². The van der Waals surface area contributed by atoms with Crippen LogP contribution in [0.5, 0.6) is 0 Å². The van der Waals surface area contributed by atoms with Gasteiger partial charge in [-0.2, -0.15) is 0 Å². The molecule has 0 radical (unpaired) electrons. The van der Waals surface area contributed by atoms with Crippen LogP contribution in [-0.2, 0) is 4.79 Å². The Morgan fingerprint density at radius 3 is 2.62 bits per heavy atom. The lowest BCUT2D eigenvalue weighted by Crippen LogP contribution is -2.32. The first-order valence-electron chi connectivity index (χ1n) is 5.65. The molecule has 0 atom stereocenters. The van der Waals surface area contributed by atoms with Crippen molar-refractivity contribution in [2.24, 2.45) is 11.1 Å². The molecule has 4 nitrogen and oxygen atoms in total. The highest BCUT2D eigenvalue weighted by Crippen LogP contribution is 2.49. The summed E-state index contributed by atoms with van der Waals surface area (Å²) in [6.45, 7) is 1.78. The highest BCUT2D eigenvalue weighted by atomic mass is 32.1. The van der Waals surface area contributed by atoms with Crippen molar-refractivity contribution in [1.82, 2.24) is 10.2 Å². The largest absolute Gasteiger partial charge is 0.393 e. The standard InChI is InChI=1S/C11H21N3OS/c1-13-10(15)3-6-14(2)8-11(4-5-11)7-9(12)16/h3-8H2,1-2H3,(H2,12,16)(H,13,15). The molecular weight excluding hydrogens is 222 g/mol. The molecule has 0 bridgehead atoms. The maximum Gasteiger partial charge on any atom is 0.221 e. The predicted molar refractivity (Wildman–Crippen MR) is 69.3 cm³/mol. The normalized spacial score (nSPS) is 17.2. The first-order chi connectivity index (χ1) is 7.47. The van der Waals surface area contributed by atoms with Gasteiger partial charge in [-0.3, -0.25) is 4.79 Å². The molecule has 1 amide bonds. The van der Waals surface area contributed by atoms with E-state index >= 15 is 0 Å². The molecule has 0 spiro atoms. The SMILES string of the molecule is CNC(=O)CCN(C)CC1(CC(N)=S)CC1. The summed E-state index contributed by atoms with van der Waals surface area (Å²) in [4.78, 5) is 13.9. The molecule has 0 aromatic carbocycles. The lowest BCUT2D eigenvalue weighted by molar-refractivity contribution is -0.120. The summed E-state index contributed by atoms with van der Waals surface area (Å²) in [5.41, 5.74) is 5.90. The van der Waals surface area contributed by atoms with Crippen LogP contribution in [0, 0.1) is 5.41 Å². The smallest absolute Gasteiger partial charge is 0.221 e. The van der Waals surface area contributed by atoms with Crippen molar-refractivity contribution in [3.05, 3.63) is 0 Å². The van der Waals surface area contributed by atoms with Crippen molar-refractivity contribution in [1.29, 1.82) is 0 Å². The predicted octanol–water partition coefficient (Wildman–Crippen LogP) is 0.511. The van der Waals surface area contributed by atoms with Crippen LogP contribution in [0.2, 0.25) is 0 Å². The first-order valence-corrected chi connectivity index (χ1v) is 6.06. The van der Waals surface area contributed by atoms with Crippen LogP contribution in [0.3, 0.4) is 0 Å². The number of carbonyl (C=O) groups is 1. The number of hydrogen-bond donors (Lipinski definition) is 2. The fourth-order valence-corrected chi connectivity index (χ4v) is 2.31. The van der Waals surface area contributed by atoms with Crippen LogP contribution in [0.15, 0.2) is 0 Å². The van der Waals surface area contributed by atoms with Crippen molar-refractivity contribution in [2.45, 2.75) is 25.7 Å². The number of nitrogens with one attached hydrogen (secondary N) is 1. The molecule has 0 aliphatic heterocycles. The molecular formula is C11H21N3OS. The van der Waals surface area contributed by atoms with Gasteiger partial charge in [-0.05, 0) is 25.3 Å². The van der Waals surface area contributed by atoms with Crippen LogP contribution < -0.4 is 11.1 Å². The summed E-state index contributed by atoms with van der Waals surface area (Å²) in [5, 5.41) is 2.62. The number of rotatable bonds is 7. The molecule has 1 saturated carbocycles. The number of amides is 1. The monoisotopic (exact) mass is 243 g/mol. The number of hydrogen-bond acceptors (Lipinski definition) is 3. The van der Waals surface area contributed by atoms with Crippen LogP contribution >= 0.6 is 12.2 Å². The van der Waals surface area contributed by atoms with E-state index in [4.69, 9.17) is 18.0 Å². The Labute approximate surface area is 103 Å². The summed E-state index contributed by atoms with van der Waals surface area (Å²) in [5.74, 6) is 0.0889. The summed E-state index contributed by atoms with van der Waals surface area (Å²) in [6, 6.07) is 0. The highest BCUT2D eigenvalue weighted by molar-refractivity contribution is 7.80. The van der Waals surface area contributed by atoms with Crippen molar-refractivity contribution >= 4 is 23.1 Å². The molecule has 1 rings (SSSR count). The zero-order valence-electron chi connectivity index (χ0n) is 10.1. The van der Waals surface area contributed by atoms with Crippen LogP contribution in [0.25, 0.3) is 0 Å². The van der Waals surface area contributed by atoms with E-state index in [1.165, 1.54) is 12.8 Å². The van der Waals surface area contributed by atoms with Gasteiger partial charge in [0.1, 0.15) is 0 Å². The summed E-state index contributed by atoms with van der Waals surface area (Å²) in [7, 11) is 3.71. The molecule has 5 heteroatoms. The number of nitrogens with zero attached hydrogens (tertiary/aromatic N) is 1. The van der Waals surface area contributed by atoms with Gasteiger partial charge >= 0.3 is 0 Å². The third-order valence-corrected chi connectivity index (χ3v) is 3.26. The fraction of sp³-hybridized carbons (Fsp3) is 0.818. The van der Waals surface area contributed by atoms with Crippen molar-refractivity contribution < 1.29 is 4.79 Å². The summed E-state index contributed by atoms with van der Waals surface area (Å²) in [6.07, 6.45) is 3.80. The van der Waals surface area contributed by atoms with E-state index in [1.54, 1.807) is 7.05 Å². The average molecular weight is 243 g/mol. The average Bonchev–Trinajstić information content (AvgIpc) is 2.92. The van der Waals surface area contributed by atoms with E-state index in [2.05, 4.69) is 10.2 Å². The van der Waals surface area contributed by atoms with E-state index in [0.717, 1.165) is 19.5 Å². The maximum absolute atomic E-state index is 11.1. The van der Waals surface area contributed by atoms with Gasteiger partial charge in [0.2, 0.25) is 5.91 Å². The third-order valence-electron chi connectivity index (χ3n) is 3.11. The first kappa shape index (κ1) is 13.4. The van der Waals surface area contributed by atoms with Crippen LogP contribution in [0.4, 0.5) is 0 Å². The topological polar surface area (TPSA) is 58.4 Å². The van der Waals surface area contributed by atoms with Crippen LogP contribution in [0.1, 0.15) is 25.7 Å². The summed E-state index contributed by atoms with van der Waals surface area (Å²) >= 11 is 4.96. The second kappa shape index (κ2) is 5.59. The Kier molecular flexibility index (Phi) is 4.68. The zero-order chi connectivity index (χ0) is 12.2. The molecule has 0 aromatic heterocycles. The van der Waals surface area contributed by atoms with Gasteiger partial charge in [0.05, 0.1) is 4.99 Å². The molecule has 0 heterocycles. The lowest BCUT2D eigenvalue weighted by Gasteiger charge is -2.23. The highest BCUT2D eigenvalue weighted by Gasteiger charge is 2.43. The van der Waals surface area contributed by atoms with E-state index in [9.17, 15) is 4.79 Å². The number of carbonyl (C=O) groups excluding carboxylic acids is 1. The molecule has 1 aliphatic rings. The van der Waals surface area contributed by atoms with Crippen molar-refractivity contribution in [2.75, 3.05) is 27.2 Å². The molecule has 92 valence electrons. The second-order valence-corrected chi connectivity index (χ2v) is 5.33. The van der Waals surface area contributed by atoms with Gasteiger partial charge in [0, 0.05) is 33.0 Å². The molecule has 0 aromatic rings. The Morgan fingerprint density at radius 2 is 2.19 bits per heavy atom. The van der Waals surface area contributed by atoms with Crippen molar-refractivity contribution in [3.63, 3.8) is 0 Å². The molecule has 0 unspecified atom stereocenters. The minimum Gasteiger partial charge on any atom is -0.393 e. The van der Waals surface area contributed by atoms with Crippen LogP contribution in [-0.4, -0.2) is 43.0 Å². The Morgan fingerprint density at radius 1 is 1.56 bits per heavy atom. The lowest BCUT2D eigenvalue weighted by atomic mass is 10.0. The maximum atomic E-state index is 11.1. The minimum absolute atomic E-state index is 0.0889. The molecule has 1 aliphatic carbocycles. The van der Waals surface area contributed by atoms with Gasteiger partial charge in [-0.15, -0.1) is 0 Å². The zero-order valence-corrected chi connectivity index (χ0v) is 10.9. The number of thiocarbonyl (C=S) groups is 1. The second-order valence-electron chi connectivity index (χ2n) is 4.80. The molecule has 1 fully saturated rings. The van der Waals surface area contributed by atoms with E-state index in [-0.39, 0.29) is 5.91 Å². The van der Waals surface area contributed by atoms with Crippen molar-refractivity contribution in [3.8, 4) is 0 Å². The third kappa shape index (κ3) is 4.45. The van der Waals surface area contributed by atoms with E-state index < -0.39 is 0 Å². The molecule has 0 saturated heterocycles. The minimum atomic E-state index is 0.0889. The van der Waals surface area contributed by atoms with Gasteiger partial charge < -0.3 is 16.0 Å². The van der Waals surface area contributed by atoms with Gasteiger partial charge in [-0.1, -0.05) is 12.2 Å². The van der Waals surface area contributed by atoms with Gasteiger partial charge in [-0.25, -0.2) is 0 Å². The number of nitrogens with two attached hydrogens (primary N) is 1. The van der Waals surface area contributed by atoms with E-state index in [0.29, 0.717) is 16.8 Å². The molecule has 16 heavy (non-hydrogen) atoms. The van der Waals surface area contributed by atoms with Gasteiger partial charge in [0.15, 0.2) is 0 Å². The molecule has 3 N–H and O–H groups in total. The van der Waals surface area contributed by atoms with E-state index in [1.807, 2.05) is 7.05 Å². The Balaban J connectivity index is 2.26. The Hall–Kier alpha value is -0.680. The summed E-state index contributed by atoms with van der Waals surface area (Å²) < 4.78 is 0.